The van der Waals surface area contributed by atoms with Gasteiger partial charge in [0, 0.05) is 23.1 Å². The first-order valence-corrected chi connectivity index (χ1v) is 7.51. The highest BCUT2D eigenvalue weighted by Gasteiger charge is 2.33. The average Bonchev–Trinajstić information content (AvgIpc) is 2.75. The first-order valence-electron chi connectivity index (χ1n) is 6.34. The van der Waals surface area contributed by atoms with Crippen molar-refractivity contribution < 1.29 is 9.90 Å². The SMILES string of the molecule is CN(CC1(O)CCCC1)C(=O)c1ccc(Cl)cc1Br. The molecule has 0 heterocycles. The third-order valence-corrected chi connectivity index (χ3v) is 4.47. The minimum absolute atomic E-state index is 0.108. The lowest BCUT2D eigenvalue weighted by Gasteiger charge is -2.28. The van der Waals surface area contributed by atoms with Crippen LogP contribution < -0.4 is 0 Å². The van der Waals surface area contributed by atoms with Crippen LogP contribution in [0.4, 0.5) is 0 Å². The van der Waals surface area contributed by atoms with Crippen LogP contribution >= 0.6 is 27.5 Å². The Bertz CT molecular complexity index is 486. The lowest BCUT2D eigenvalue weighted by molar-refractivity contribution is 0.0156. The van der Waals surface area contributed by atoms with E-state index in [1.807, 2.05) is 0 Å². The summed E-state index contributed by atoms with van der Waals surface area (Å²) in [5.74, 6) is -0.108. The molecule has 3 nitrogen and oxygen atoms in total. The van der Waals surface area contributed by atoms with Crippen LogP contribution in [0.1, 0.15) is 36.0 Å². The van der Waals surface area contributed by atoms with Crippen molar-refractivity contribution in [1.82, 2.24) is 4.90 Å². The zero-order chi connectivity index (χ0) is 14.0. The van der Waals surface area contributed by atoms with Crippen molar-refractivity contribution in [3.63, 3.8) is 0 Å². The molecule has 1 aliphatic carbocycles. The van der Waals surface area contributed by atoms with Crippen LogP contribution in [-0.2, 0) is 0 Å². The highest BCUT2D eigenvalue weighted by atomic mass is 79.9. The number of rotatable bonds is 3. The Morgan fingerprint density at radius 1 is 1.47 bits per heavy atom. The first kappa shape index (κ1) is 14.8. The molecule has 1 saturated carbocycles. The number of carbonyl (C=O) groups excluding carboxylic acids is 1. The highest BCUT2D eigenvalue weighted by Crippen LogP contribution is 2.30. The topological polar surface area (TPSA) is 40.5 Å². The van der Waals surface area contributed by atoms with Crippen molar-refractivity contribution in [3.05, 3.63) is 33.3 Å². The van der Waals surface area contributed by atoms with E-state index in [0.29, 0.717) is 21.6 Å². The molecule has 0 unspecified atom stereocenters. The molecule has 0 spiro atoms. The van der Waals surface area contributed by atoms with Gasteiger partial charge in [-0.1, -0.05) is 24.4 Å². The molecule has 1 aromatic rings. The Kier molecular flexibility index (Phi) is 4.54. The van der Waals surface area contributed by atoms with E-state index in [-0.39, 0.29) is 5.91 Å². The number of carbonyl (C=O) groups is 1. The standard InChI is InChI=1S/C14H17BrClNO2/c1-17(9-14(19)6-2-3-7-14)13(18)11-5-4-10(16)8-12(11)15/h4-5,8,19H,2-3,6-7,9H2,1H3. The van der Waals surface area contributed by atoms with Gasteiger partial charge in [0.1, 0.15) is 0 Å². The van der Waals surface area contributed by atoms with Crippen LogP contribution in [0.3, 0.4) is 0 Å². The first-order chi connectivity index (χ1) is 8.91. The maximum Gasteiger partial charge on any atom is 0.254 e. The van der Waals surface area contributed by atoms with E-state index in [0.717, 1.165) is 25.7 Å². The molecular weight excluding hydrogens is 330 g/mol. The molecule has 1 N–H and O–H groups in total. The predicted octanol–water partition coefficient (Wildman–Crippen LogP) is 3.48. The van der Waals surface area contributed by atoms with Crippen LogP contribution in [0.5, 0.6) is 0 Å². The van der Waals surface area contributed by atoms with Gasteiger partial charge in [0.15, 0.2) is 0 Å². The fourth-order valence-corrected chi connectivity index (χ4v) is 3.43. The number of hydrogen-bond donors (Lipinski definition) is 1. The molecule has 0 atom stereocenters. The van der Waals surface area contributed by atoms with Crippen molar-refractivity contribution >= 4 is 33.4 Å². The van der Waals surface area contributed by atoms with E-state index < -0.39 is 5.60 Å². The van der Waals surface area contributed by atoms with E-state index in [1.54, 1.807) is 30.1 Å². The number of likely N-dealkylation sites (N-methyl/N-ethyl adjacent to an activating group) is 1. The number of benzene rings is 1. The number of aliphatic hydroxyl groups is 1. The summed E-state index contributed by atoms with van der Waals surface area (Å²) in [5.41, 5.74) is -0.156. The van der Waals surface area contributed by atoms with Gasteiger partial charge in [0.2, 0.25) is 0 Å². The molecule has 1 fully saturated rings. The lowest BCUT2D eigenvalue weighted by atomic mass is 10.0. The fourth-order valence-electron chi connectivity index (χ4n) is 2.57. The molecule has 0 aliphatic heterocycles. The van der Waals surface area contributed by atoms with Crippen molar-refractivity contribution in [1.29, 1.82) is 0 Å². The van der Waals surface area contributed by atoms with Gasteiger partial charge < -0.3 is 10.0 Å². The van der Waals surface area contributed by atoms with Crippen molar-refractivity contribution in [2.24, 2.45) is 0 Å². The van der Waals surface area contributed by atoms with Crippen molar-refractivity contribution in [2.75, 3.05) is 13.6 Å². The maximum atomic E-state index is 12.3. The zero-order valence-electron chi connectivity index (χ0n) is 10.8. The van der Waals surface area contributed by atoms with Gasteiger partial charge in [-0.05, 0) is 47.0 Å². The molecule has 104 valence electrons. The Balaban J connectivity index is 2.10. The zero-order valence-corrected chi connectivity index (χ0v) is 13.2. The molecule has 2 rings (SSSR count). The lowest BCUT2D eigenvalue weighted by Crippen LogP contribution is -2.42. The van der Waals surface area contributed by atoms with Crippen molar-refractivity contribution in [3.8, 4) is 0 Å². The Hall–Kier alpha value is -0.580. The van der Waals surface area contributed by atoms with Gasteiger partial charge in [-0.3, -0.25) is 4.79 Å². The van der Waals surface area contributed by atoms with E-state index in [1.165, 1.54) is 0 Å². The Labute approximate surface area is 126 Å². The number of nitrogens with zero attached hydrogens (tertiary/aromatic N) is 1. The molecule has 1 aliphatic rings. The second-order valence-corrected chi connectivity index (χ2v) is 6.51. The minimum atomic E-state index is -0.719. The summed E-state index contributed by atoms with van der Waals surface area (Å²) in [5, 5.41) is 10.9. The molecular formula is C14H17BrClNO2. The van der Waals surface area contributed by atoms with Gasteiger partial charge in [-0.25, -0.2) is 0 Å². The summed E-state index contributed by atoms with van der Waals surface area (Å²) >= 11 is 9.21. The minimum Gasteiger partial charge on any atom is -0.388 e. The molecule has 0 radical (unpaired) electrons. The third-order valence-electron chi connectivity index (χ3n) is 3.57. The summed E-state index contributed by atoms with van der Waals surface area (Å²) in [6.45, 7) is 0.376. The maximum absolute atomic E-state index is 12.3. The summed E-state index contributed by atoms with van der Waals surface area (Å²) in [4.78, 5) is 13.9. The van der Waals surface area contributed by atoms with E-state index in [4.69, 9.17) is 11.6 Å². The Morgan fingerprint density at radius 3 is 2.68 bits per heavy atom. The van der Waals surface area contributed by atoms with Crippen molar-refractivity contribution in [2.45, 2.75) is 31.3 Å². The monoisotopic (exact) mass is 345 g/mol. The number of amides is 1. The highest BCUT2D eigenvalue weighted by molar-refractivity contribution is 9.10. The van der Waals surface area contributed by atoms with Gasteiger partial charge in [0.05, 0.1) is 11.2 Å². The number of hydrogen-bond acceptors (Lipinski definition) is 2. The van der Waals surface area contributed by atoms with Crippen LogP contribution in [0, 0.1) is 0 Å². The smallest absolute Gasteiger partial charge is 0.254 e. The number of halogens is 2. The summed E-state index contributed by atoms with van der Waals surface area (Å²) in [6.07, 6.45) is 3.60. The third kappa shape index (κ3) is 3.50. The Morgan fingerprint density at radius 2 is 2.11 bits per heavy atom. The predicted molar refractivity (Wildman–Crippen MR) is 79.5 cm³/mol. The summed E-state index contributed by atoms with van der Waals surface area (Å²) < 4.78 is 0.676. The molecule has 1 aromatic carbocycles. The van der Waals surface area contributed by atoms with Crippen LogP contribution in [0.25, 0.3) is 0 Å². The average molecular weight is 347 g/mol. The molecule has 0 bridgehead atoms. The largest absolute Gasteiger partial charge is 0.388 e. The molecule has 5 heteroatoms. The van der Waals surface area contributed by atoms with Gasteiger partial charge in [-0.15, -0.1) is 0 Å². The fraction of sp³-hybridized carbons (Fsp3) is 0.500. The van der Waals surface area contributed by atoms with E-state index >= 15 is 0 Å². The van der Waals surface area contributed by atoms with Crippen LogP contribution in [-0.4, -0.2) is 35.1 Å². The van der Waals surface area contributed by atoms with E-state index in [9.17, 15) is 9.90 Å². The van der Waals surface area contributed by atoms with Gasteiger partial charge in [-0.2, -0.15) is 0 Å². The quantitative estimate of drug-likeness (QED) is 0.910. The summed E-state index contributed by atoms with van der Waals surface area (Å²) in [7, 11) is 1.72. The van der Waals surface area contributed by atoms with Crippen LogP contribution in [0.2, 0.25) is 5.02 Å². The summed E-state index contributed by atoms with van der Waals surface area (Å²) in [6, 6.07) is 5.09. The van der Waals surface area contributed by atoms with Gasteiger partial charge >= 0.3 is 0 Å². The second kappa shape index (κ2) is 5.81. The van der Waals surface area contributed by atoms with E-state index in [2.05, 4.69) is 15.9 Å². The molecule has 1 amide bonds. The van der Waals surface area contributed by atoms with Crippen LogP contribution in [0.15, 0.2) is 22.7 Å². The van der Waals surface area contributed by atoms with Gasteiger partial charge in [0.25, 0.3) is 5.91 Å². The molecule has 19 heavy (non-hydrogen) atoms. The molecule has 0 saturated heterocycles. The molecule has 0 aromatic heterocycles. The normalized spacial score (nSPS) is 17.5. The second-order valence-electron chi connectivity index (χ2n) is 5.22.